The van der Waals surface area contributed by atoms with Crippen LogP contribution in [0.25, 0.3) is 0 Å². The van der Waals surface area contributed by atoms with Gasteiger partial charge in [0.25, 0.3) is 0 Å². The maximum Gasteiger partial charge on any atom is 0.238 e. The van der Waals surface area contributed by atoms with Gasteiger partial charge in [-0.15, -0.1) is 10.2 Å². The molecule has 1 aromatic carbocycles. The highest BCUT2D eigenvalue weighted by molar-refractivity contribution is 8.02. The monoisotopic (exact) mass is 394 g/mol. The van der Waals surface area contributed by atoms with Gasteiger partial charge in [-0.05, 0) is 36.1 Å². The Bertz CT molecular complexity index is 701. The first-order chi connectivity index (χ1) is 12.4. The lowest BCUT2D eigenvalue weighted by atomic mass is 10.1. The van der Waals surface area contributed by atoms with Crippen molar-refractivity contribution in [2.75, 3.05) is 24.3 Å². The summed E-state index contributed by atoms with van der Waals surface area (Å²) in [5.74, 6) is 1.41. The molecule has 1 amide bonds. The second-order valence-electron chi connectivity index (χ2n) is 6.65. The van der Waals surface area contributed by atoms with Crippen molar-refractivity contribution in [1.82, 2.24) is 10.2 Å². The van der Waals surface area contributed by atoms with Gasteiger partial charge in [0.1, 0.15) is 5.75 Å². The number of nitrogens with one attached hydrogen (secondary N) is 2. The van der Waals surface area contributed by atoms with E-state index in [1.807, 2.05) is 38.1 Å². The van der Waals surface area contributed by atoms with Crippen LogP contribution in [-0.4, -0.2) is 35.0 Å². The average molecular weight is 395 g/mol. The summed E-state index contributed by atoms with van der Waals surface area (Å²) >= 11 is 2.94. The molecule has 0 aliphatic rings. The predicted octanol–water partition coefficient (Wildman–Crippen LogP) is 4.37. The number of anilines is 2. The first-order valence-electron chi connectivity index (χ1n) is 8.58. The summed E-state index contributed by atoms with van der Waals surface area (Å²) < 4.78 is 5.93. The molecule has 8 heteroatoms. The van der Waals surface area contributed by atoms with Crippen LogP contribution in [0, 0.1) is 11.8 Å². The molecule has 0 bridgehead atoms. The lowest BCUT2D eigenvalue weighted by Crippen LogP contribution is -2.29. The van der Waals surface area contributed by atoms with E-state index in [0.717, 1.165) is 27.5 Å². The first kappa shape index (κ1) is 20.5. The number of carbonyl (C=O) groups excluding carboxylic acids is 1. The lowest BCUT2D eigenvalue weighted by molar-refractivity contribution is -0.116. The molecule has 0 spiro atoms. The molecule has 2 aromatic rings. The van der Waals surface area contributed by atoms with Gasteiger partial charge in [0.05, 0.1) is 12.4 Å². The van der Waals surface area contributed by atoms with Gasteiger partial charge < -0.3 is 15.4 Å². The van der Waals surface area contributed by atoms with Crippen molar-refractivity contribution in [2.45, 2.75) is 37.3 Å². The first-order valence-corrected chi connectivity index (χ1v) is 10.3. The predicted molar refractivity (Wildman–Crippen MR) is 109 cm³/mol. The maximum absolute atomic E-state index is 12.7. The van der Waals surface area contributed by atoms with E-state index < -0.39 is 0 Å². The molecule has 26 heavy (non-hydrogen) atoms. The number of ether oxygens (including phenoxy) is 1. The van der Waals surface area contributed by atoms with E-state index in [4.69, 9.17) is 4.74 Å². The zero-order chi connectivity index (χ0) is 19.1. The Balaban J connectivity index is 1.99. The largest absolute Gasteiger partial charge is 0.497 e. The molecule has 1 atom stereocenters. The van der Waals surface area contributed by atoms with Gasteiger partial charge in [0, 0.05) is 12.2 Å². The summed E-state index contributed by atoms with van der Waals surface area (Å²) in [5, 5.41) is 15.1. The van der Waals surface area contributed by atoms with Crippen molar-refractivity contribution in [2.24, 2.45) is 11.8 Å². The summed E-state index contributed by atoms with van der Waals surface area (Å²) in [6.07, 6.45) is 0. The summed E-state index contributed by atoms with van der Waals surface area (Å²) in [4.78, 5) is 12.7. The number of hydrogen-bond donors (Lipinski definition) is 2. The van der Waals surface area contributed by atoms with Crippen LogP contribution in [0.3, 0.4) is 0 Å². The van der Waals surface area contributed by atoms with Gasteiger partial charge in [0.2, 0.25) is 11.0 Å². The highest BCUT2D eigenvalue weighted by Gasteiger charge is 2.25. The van der Waals surface area contributed by atoms with E-state index in [1.54, 1.807) is 7.11 Å². The fourth-order valence-corrected chi connectivity index (χ4v) is 4.08. The normalized spacial score (nSPS) is 12.3. The van der Waals surface area contributed by atoms with E-state index in [-0.39, 0.29) is 17.1 Å². The maximum atomic E-state index is 12.7. The van der Waals surface area contributed by atoms with Crippen molar-refractivity contribution in [1.29, 1.82) is 0 Å². The van der Waals surface area contributed by atoms with Gasteiger partial charge in [0.15, 0.2) is 4.34 Å². The van der Waals surface area contributed by atoms with Crippen LogP contribution >= 0.6 is 23.1 Å². The fourth-order valence-electron chi connectivity index (χ4n) is 2.11. The summed E-state index contributed by atoms with van der Waals surface area (Å²) in [5.41, 5.74) is 0.749. The Morgan fingerprint density at radius 3 is 2.46 bits per heavy atom. The molecular formula is C18H26N4O2S2. The summed E-state index contributed by atoms with van der Waals surface area (Å²) in [6, 6.07) is 7.31. The molecule has 1 heterocycles. The van der Waals surface area contributed by atoms with Gasteiger partial charge in [-0.3, -0.25) is 4.79 Å². The molecule has 0 aliphatic carbocycles. The van der Waals surface area contributed by atoms with Crippen LogP contribution in [0.1, 0.15) is 27.7 Å². The Labute approximate surface area is 163 Å². The Hall–Kier alpha value is -1.80. The van der Waals surface area contributed by atoms with Crippen LogP contribution in [0.4, 0.5) is 10.8 Å². The van der Waals surface area contributed by atoms with Crippen LogP contribution in [0.5, 0.6) is 5.75 Å². The molecule has 2 N–H and O–H groups in total. The Morgan fingerprint density at radius 2 is 1.88 bits per heavy atom. The molecule has 0 radical (unpaired) electrons. The highest BCUT2D eigenvalue weighted by atomic mass is 32.2. The molecule has 0 fully saturated rings. The quantitative estimate of drug-likeness (QED) is 0.615. The van der Waals surface area contributed by atoms with Crippen molar-refractivity contribution >= 4 is 39.8 Å². The molecule has 0 saturated heterocycles. The number of rotatable bonds is 9. The molecule has 6 nitrogen and oxygen atoms in total. The molecule has 1 unspecified atom stereocenters. The molecular weight excluding hydrogens is 368 g/mol. The van der Waals surface area contributed by atoms with E-state index in [1.165, 1.54) is 23.1 Å². The van der Waals surface area contributed by atoms with Crippen LogP contribution in [0.15, 0.2) is 28.6 Å². The number of benzene rings is 1. The highest BCUT2D eigenvalue weighted by Crippen LogP contribution is 2.33. The fraction of sp³-hybridized carbons (Fsp3) is 0.500. The van der Waals surface area contributed by atoms with Gasteiger partial charge in [-0.2, -0.15) is 0 Å². The zero-order valence-electron chi connectivity index (χ0n) is 15.8. The van der Waals surface area contributed by atoms with E-state index in [9.17, 15) is 4.79 Å². The Morgan fingerprint density at radius 1 is 1.19 bits per heavy atom. The van der Waals surface area contributed by atoms with Crippen LogP contribution < -0.4 is 15.4 Å². The average Bonchev–Trinajstić information content (AvgIpc) is 3.06. The van der Waals surface area contributed by atoms with Crippen LogP contribution in [0.2, 0.25) is 0 Å². The zero-order valence-corrected chi connectivity index (χ0v) is 17.4. The SMILES string of the molecule is COc1ccc(NC(=O)C(Sc2nnc(NCC(C)C)s2)C(C)C)cc1. The molecule has 2 rings (SSSR count). The summed E-state index contributed by atoms with van der Waals surface area (Å²) in [7, 11) is 1.62. The minimum absolute atomic E-state index is 0.0398. The van der Waals surface area contributed by atoms with E-state index in [2.05, 4.69) is 34.7 Å². The number of carbonyl (C=O) groups is 1. The number of methoxy groups -OCH3 is 1. The number of hydrogen-bond acceptors (Lipinski definition) is 7. The third-order valence-electron chi connectivity index (χ3n) is 3.52. The van der Waals surface area contributed by atoms with E-state index >= 15 is 0 Å². The number of amides is 1. The number of thioether (sulfide) groups is 1. The van der Waals surface area contributed by atoms with Crippen molar-refractivity contribution in [3.05, 3.63) is 24.3 Å². The second-order valence-corrected chi connectivity index (χ2v) is 9.01. The van der Waals surface area contributed by atoms with Crippen LogP contribution in [-0.2, 0) is 4.79 Å². The van der Waals surface area contributed by atoms with Crippen molar-refractivity contribution in [3.63, 3.8) is 0 Å². The third-order valence-corrected chi connectivity index (χ3v) is 6.03. The topological polar surface area (TPSA) is 76.1 Å². The minimum atomic E-state index is -0.247. The van der Waals surface area contributed by atoms with Gasteiger partial charge >= 0.3 is 0 Å². The standard InChI is InChI=1S/C18H26N4O2S2/c1-11(2)10-19-17-21-22-18(26-17)25-15(12(3)4)16(23)20-13-6-8-14(24-5)9-7-13/h6-9,11-12,15H,10H2,1-5H3,(H,19,21)(H,20,23). The lowest BCUT2D eigenvalue weighted by Gasteiger charge is -2.18. The number of aromatic nitrogens is 2. The van der Waals surface area contributed by atoms with Crippen molar-refractivity contribution in [3.8, 4) is 5.75 Å². The second kappa shape index (κ2) is 9.78. The van der Waals surface area contributed by atoms with Gasteiger partial charge in [-0.25, -0.2) is 0 Å². The smallest absolute Gasteiger partial charge is 0.238 e. The molecule has 0 saturated carbocycles. The Kier molecular flexibility index (Phi) is 7.71. The third kappa shape index (κ3) is 6.17. The summed E-state index contributed by atoms with van der Waals surface area (Å²) in [6.45, 7) is 9.20. The molecule has 0 aliphatic heterocycles. The number of nitrogens with zero attached hydrogens (tertiary/aromatic N) is 2. The molecule has 142 valence electrons. The minimum Gasteiger partial charge on any atom is -0.497 e. The van der Waals surface area contributed by atoms with Gasteiger partial charge in [-0.1, -0.05) is 50.8 Å². The van der Waals surface area contributed by atoms with Crippen molar-refractivity contribution < 1.29 is 9.53 Å². The van der Waals surface area contributed by atoms with E-state index in [0.29, 0.717) is 5.92 Å². The molecule has 1 aromatic heterocycles.